The SMILES string of the molecule is CCCOc1cccc(C2c3c(-c4ccccc4O)n[nH]c3C(=O)N2CCCO)c1. The van der Waals surface area contributed by atoms with Gasteiger partial charge < -0.3 is 19.8 Å². The normalized spacial score (nSPS) is 15.5. The number of H-pyrrole nitrogens is 1. The second-order valence-electron chi connectivity index (χ2n) is 7.28. The third-order valence-corrected chi connectivity index (χ3v) is 5.23. The van der Waals surface area contributed by atoms with E-state index in [1.807, 2.05) is 37.3 Å². The van der Waals surface area contributed by atoms with E-state index in [2.05, 4.69) is 10.2 Å². The van der Waals surface area contributed by atoms with Crippen LogP contribution < -0.4 is 4.74 Å². The molecule has 1 aliphatic rings. The molecule has 3 N–H and O–H groups in total. The van der Waals surface area contributed by atoms with Gasteiger partial charge in [0.15, 0.2) is 0 Å². The number of phenolic OH excluding ortho intramolecular Hbond substituents is 1. The molecule has 1 unspecified atom stereocenters. The molecule has 2 heterocycles. The number of nitrogens with one attached hydrogen (secondary N) is 1. The molecule has 30 heavy (non-hydrogen) atoms. The fourth-order valence-electron chi connectivity index (χ4n) is 3.89. The lowest BCUT2D eigenvalue weighted by Crippen LogP contribution is -2.31. The van der Waals surface area contributed by atoms with Crippen LogP contribution in [0.5, 0.6) is 11.5 Å². The van der Waals surface area contributed by atoms with E-state index in [0.717, 1.165) is 23.3 Å². The number of hydrogen-bond acceptors (Lipinski definition) is 5. The zero-order valence-corrected chi connectivity index (χ0v) is 16.8. The molecule has 0 aliphatic carbocycles. The van der Waals surface area contributed by atoms with Crippen LogP contribution in [0.15, 0.2) is 48.5 Å². The predicted molar refractivity (Wildman–Crippen MR) is 112 cm³/mol. The molecule has 1 amide bonds. The Kier molecular flexibility index (Phi) is 5.72. The maximum Gasteiger partial charge on any atom is 0.273 e. The highest BCUT2D eigenvalue weighted by atomic mass is 16.5. The van der Waals surface area contributed by atoms with Crippen LogP contribution in [0.2, 0.25) is 0 Å². The number of para-hydroxylation sites is 1. The Hall–Kier alpha value is -3.32. The number of rotatable bonds is 8. The molecule has 0 radical (unpaired) electrons. The van der Waals surface area contributed by atoms with Crippen molar-refractivity contribution in [3.05, 3.63) is 65.4 Å². The molecule has 4 rings (SSSR count). The van der Waals surface area contributed by atoms with E-state index in [1.54, 1.807) is 23.1 Å². The molecule has 1 aromatic heterocycles. The molecule has 1 aliphatic heterocycles. The van der Waals surface area contributed by atoms with Crippen LogP contribution in [0.3, 0.4) is 0 Å². The molecule has 156 valence electrons. The standard InChI is InChI=1S/C23H25N3O4/c1-2-13-30-16-8-5-7-15(14-16)22-19-20(17-9-3-4-10-18(17)28)24-25-21(19)23(29)26(22)11-6-12-27/h3-5,7-10,14,22,27-28H,2,6,11-13H2,1H3,(H,24,25). The summed E-state index contributed by atoms with van der Waals surface area (Å²) in [5, 5.41) is 27.0. The Morgan fingerprint density at radius 2 is 2.03 bits per heavy atom. The summed E-state index contributed by atoms with van der Waals surface area (Å²) in [5.41, 5.74) is 3.15. The summed E-state index contributed by atoms with van der Waals surface area (Å²) >= 11 is 0. The number of carbonyl (C=O) groups excluding carboxylic acids is 1. The molecule has 0 spiro atoms. The van der Waals surface area contributed by atoms with Gasteiger partial charge in [0.1, 0.15) is 22.9 Å². The fourth-order valence-corrected chi connectivity index (χ4v) is 3.89. The molecule has 2 aromatic carbocycles. The summed E-state index contributed by atoms with van der Waals surface area (Å²) < 4.78 is 5.80. The molecular formula is C23H25N3O4. The van der Waals surface area contributed by atoms with E-state index < -0.39 is 6.04 Å². The van der Waals surface area contributed by atoms with E-state index in [4.69, 9.17) is 4.74 Å². The Morgan fingerprint density at radius 1 is 1.20 bits per heavy atom. The van der Waals surface area contributed by atoms with E-state index in [1.165, 1.54) is 0 Å². The van der Waals surface area contributed by atoms with Crippen molar-refractivity contribution in [3.63, 3.8) is 0 Å². The topological polar surface area (TPSA) is 98.7 Å². The number of aromatic hydroxyl groups is 1. The summed E-state index contributed by atoms with van der Waals surface area (Å²) in [6.07, 6.45) is 1.37. The zero-order valence-electron chi connectivity index (χ0n) is 16.8. The first-order valence-corrected chi connectivity index (χ1v) is 10.2. The monoisotopic (exact) mass is 407 g/mol. The second kappa shape index (κ2) is 8.59. The number of aromatic nitrogens is 2. The summed E-state index contributed by atoms with van der Waals surface area (Å²) in [6.45, 7) is 3.06. The maximum absolute atomic E-state index is 13.2. The molecule has 3 aromatic rings. The van der Waals surface area contributed by atoms with Crippen molar-refractivity contribution in [2.75, 3.05) is 19.8 Å². The minimum absolute atomic E-state index is 0.00529. The summed E-state index contributed by atoms with van der Waals surface area (Å²) in [6, 6.07) is 14.3. The van der Waals surface area contributed by atoms with Gasteiger partial charge in [-0.25, -0.2) is 0 Å². The fraction of sp³-hybridized carbons (Fsp3) is 0.304. The van der Waals surface area contributed by atoms with Crippen LogP contribution in [-0.4, -0.2) is 51.0 Å². The second-order valence-corrected chi connectivity index (χ2v) is 7.28. The number of aliphatic hydroxyl groups is 1. The lowest BCUT2D eigenvalue weighted by Gasteiger charge is -2.26. The first-order chi connectivity index (χ1) is 14.7. The molecule has 7 heteroatoms. The highest BCUT2D eigenvalue weighted by Crippen LogP contribution is 2.44. The number of amides is 1. The number of hydrogen-bond donors (Lipinski definition) is 3. The molecule has 1 atom stereocenters. The van der Waals surface area contributed by atoms with Crippen molar-refractivity contribution < 1.29 is 19.7 Å². The van der Waals surface area contributed by atoms with Gasteiger partial charge in [0.25, 0.3) is 5.91 Å². The highest BCUT2D eigenvalue weighted by Gasteiger charge is 2.42. The lowest BCUT2D eigenvalue weighted by atomic mass is 9.95. The van der Waals surface area contributed by atoms with Gasteiger partial charge in [-0.15, -0.1) is 0 Å². The Bertz CT molecular complexity index is 1050. The van der Waals surface area contributed by atoms with Gasteiger partial charge in [0, 0.05) is 24.3 Å². The van der Waals surface area contributed by atoms with Crippen molar-refractivity contribution >= 4 is 5.91 Å². The summed E-state index contributed by atoms with van der Waals surface area (Å²) in [7, 11) is 0. The first-order valence-electron chi connectivity index (χ1n) is 10.2. The van der Waals surface area contributed by atoms with E-state index >= 15 is 0 Å². The number of carbonyl (C=O) groups is 1. The quantitative estimate of drug-likeness (QED) is 0.531. The summed E-state index contributed by atoms with van der Waals surface area (Å²) in [5.74, 6) is 0.675. The third-order valence-electron chi connectivity index (χ3n) is 5.23. The van der Waals surface area contributed by atoms with E-state index in [-0.39, 0.29) is 18.3 Å². The molecular weight excluding hydrogens is 382 g/mol. The smallest absolute Gasteiger partial charge is 0.273 e. The largest absolute Gasteiger partial charge is 0.507 e. The molecule has 0 saturated carbocycles. The Balaban J connectivity index is 1.83. The number of aromatic amines is 1. The summed E-state index contributed by atoms with van der Waals surface area (Å²) in [4.78, 5) is 14.9. The molecule has 0 bridgehead atoms. The number of benzene rings is 2. The van der Waals surface area contributed by atoms with Crippen LogP contribution >= 0.6 is 0 Å². The predicted octanol–water partition coefficient (Wildman–Crippen LogP) is 3.50. The average molecular weight is 407 g/mol. The van der Waals surface area contributed by atoms with Crippen molar-refractivity contribution in [2.45, 2.75) is 25.8 Å². The average Bonchev–Trinajstić information content (AvgIpc) is 3.30. The van der Waals surface area contributed by atoms with Crippen LogP contribution in [0, 0.1) is 0 Å². The van der Waals surface area contributed by atoms with Gasteiger partial charge in [-0.1, -0.05) is 31.2 Å². The number of ether oxygens (including phenoxy) is 1. The highest BCUT2D eigenvalue weighted by molar-refractivity contribution is 6.00. The maximum atomic E-state index is 13.2. The van der Waals surface area contributed by atoms with Crippen LogP contribution in [0.4, 0.5) is 0 Å². The van der Waals surface area contributed by atoms with Gasteiger partial charge in [0.2, 0.25) is 0 Å². The number of aliphatic hydroxyl groups excluding tert-OH is 1. The Morgan fingerprint density at radius 3 is 2.80 bits per heavy atom. The van der Waals surface area contributed by atoms with Crippen molar-refractivity contribution in [3.8, 4) is 22.8 Å². The molecule has 0 saturated heterocycles. The van der Waals surface area contributed by atoms with E-state index in [9.17, 15) is 15.0 Å². The van der Waals surface area contributed by atoms with Crippen molar-refractivity contribution in [2.24, 2.45) is 0 Å². The third kappa shape index (κ3) is 3.52. The first kappa shape index (κ1) is 20.0. The minimum Gasteiger partial charge on any atom is -0.507 e. The van der Waals surface area contributed by atoms with Crippen molar-refractivity contribution in [1.29, 1.82) is 0 Å². The number of phenols is 1. The van der Waals surface area contributed by atoms with E-state index in [0.29, 0.717) is 36.5 Å². The number of nitrogens with zero attached hydrogens (tertiary/aromatic N) is 2. The van der Waals surface area contributed by atoms with Crippen LogP contribution in [0.25, 0.3) is 11.3 Å². The minimum atomic E-state index is -0.391. The molecule has 7 nitrogen and oxygen atoms in total. The van der Waals surface area contributed by atoms with Gasteiger partial charge in [-0.3, -0.25) is 9.89 Å². The van der Waals surface area contributed by atoms with Crippen molar-refractivity contribution in [1.82, 2.24) is 15.1 Å². The van der Waals surface area contributed by atoms with Crippen LogP contribution in [-0.2, 0) is 0 Å². The zero-order chi connectivity index (χ0) is 21.1. The Labute approximate surface area is 174 Å². The van der Waals surface area contributed by atoms with Gasteiger partial charge in [-0.2, -0.15) is 5.10 Å². The number of fused-ring (bicyclic) bond motifs is 1. The van der Waals surface area contributed by atoms with Gasteiger partial charge >= 0.3 is 0 Å². The molecule has 0 fully saturated rings. The lowest BCUT2D eigenvalue weighted by molar-refractivity contribution is 0.0732. The van der Waals surface area contributed by atoms with Gasteiger partial charge in [0.05, 0.1) is 12.6 Å². The van der Waals surface area contributed by atoms with Gasteiger partial charge in [-0.05, 0) is 42.7 Å². The van der Waals surface area contributed by atoms with Crippen LogP contribution in [0.1, 0.15) is 47.4 Å².